The molecule has 3 amide bonds. The highest BCUT2D eigenvalue weighted by molar-refractivity contribution is 5.94. The Labute approximate surface area is 120 Å². The van der Waals surface area contributed by atoms with E-state index in [4.69, 9.17) is 9.47 Å². The van der Waals surface area contributed by atoms with E-state index in [1.807, 2.05) is 0 Å². The molecule has 116 valence electrons. The number of urea groups is 1. The quantitative estimate of drug-likeness (QED) is 0.450. The number of hydrogen-bond donors (Lipinski definition) is 2. The van der Waals surface area contributed by atoms with Crippen molar-refractivity contribution in [3.05, 3.63) is 5.82 Å². The number of aromatic nitrogens is 4. The molecule has 2 N–H and O–H groups in total. The number of esters is 1. The second-order valence-corrected chi connectivity index (χ2v) is 3.68. The van der Waals surface area contributed by atoms with Crippen LogP contribution in [-0.4, -0.2) is 65.0 Å². The van der Waals surface area contributed by atoms with Crippen molar-refractivity contribution < 1.29 is 23.9 Å². The summed E-state index contributed by atoms with van der Waals surface area (Å²) in [6.07, 6.45) is 0. The zero-order valence-corrected chi connectivity index (χ0v) is 11.7. The topological polar surface area (TPSA) is 137 Å². The zero-order valence-electron chi connectivity index (χ0n) is 11.7. The second kappa shape index (κ2) is 8.58. The van der Waals surface area contributed by atoms with Crippen LogP contribution in [0.4, 0.5) is 4.79 Å². The summed E-state index contributed by atoms with van der Waals surface area (Å²) in [7, 11) is 1.49. The summed E-state index contributed by atoms with van der Waals surface area (Å²) < 4.78 is 10.4. The van der Waals surface area contributed by atoms with E-state index < -0.39 is 24.5 Å². The average Bonchev–Trinajstić information content (AvgIpc) is 2.87. The minimum Gasteiger partial charge on any atom is -0.460 e. The Kier molecular flexibility index (Phi) is 6.74. The Balaban J connectivity index is 2.50. The standard InChI is InChI=1S/C10H16N6O5/c1-3-21-9(18)8-13-14-15-16(8)6-7(17)12-10(19)11-4-5-20-2/h3-6H2,1-2H3,(H2,11,12,17,19). The summed E-state index contributed by atoms with van der Waals surface area (Å²) >= 11 is 0. The Morgan fingerprint density at radius 2 is 2.10 bits per heavy atom. The molecule has 0 saturated heterocycles. The maximum absolute atomic E-state index is 11.6. The Bertz CT molecular complexity index is 502. The van der Waals surface area contributed by atoms with Gasteiger partial charge in [0.25, 0.3) is 5.82 Å². The van der Waals surface area contributed by atoms with Crippen molar-refractivity contribution in [3.63, 3.8) is 0 Å². The highest BCUT2D eigenvalue weighted by Crippen LogP contribution is 1.95. The van der Waals surface area contributed by atoms with Gasteiger partial charge in [0.2, 0.25) is 5.91 Å². The largest absolute Gasteiger partial charge is 0.460 e. The summed E-state index contributed by atoms with van der Waals surface area (Å²) in [5.41, 5.74) is 0. The lowest BCUT2D eigenvalue weighted by atomic mass is 10.5. The van der Waals surface area contributed by atoms with E-state index in [2.05, 4.69) is 26.2 Å². The van der Waals surface area contributed by atoms with Gasteiger partial charge in [0, 0.05) is 13.7 Å². The SMILES string of the molecule is CCOC(=O)c1nnnn1CC(=O)NC(=O)NCCOC. The van der Waals surface area contributed by atoms with E-state index in [1.165, 1.54) is 7.11 Å². The third kappa shape index (κ3) is 5.52. The number of ether oxygens (including phenoxy) is 2. The van der Waals surface area contributed by atoms with Crippen molar-refractivity contribution >= 4 is 17.9 Å². The zero-order chi connectivity index (χ0) is 15.7. The van der Waals surface area contributed by atoms with Crippen molar-refractivity contribution in [1.82, 2.24) is 30.8 Å². The van der Waals surface area contributed by atoms with Gasteiger partial charge < -0.3 is 14.8 Å². The van der Waals surface area contributed by atoms with Gasteiger partial charge in [-0.15, -0.1) is 5.10 Å². The summed E-state index contributed by atoms with van der Waals surface area (Å²) in [6.45, 7) is 1.97. The second-order valence-electron chi connectivity index (χ2n) is 3.68. The first kappa shape index (κ1) is 16.5. The minimum absolute atomic E-state index is 0.153. The summed E-state index contributed by atoms with van der Waals surface area (Å²) in [5.74, 6) is -1.64. The third-order valence-electron chi connectivity index (χ3n) is 2.13. The Morgan fingerprint density at radius 3 is 2.76 bits per heavy atom. The molecule has 0 unspecified atom stereocenters. The van der Waals surface area contributed by atoms with Crippen LogP contribution < -0.4 is 10.6 Å². The van der Waals surface area contributed by atoms with E-state index in [-0.39, 0.29) is 19.0 Å². The van der Waals surface area contributed by atoms with Gasteiger partial charge in [0.05, 0.1) is 13.2 Å². The van der Waals surface area contributed by atoms with Crippen LogP contribution in [0.15, 0.2) is 0 Å². The summed E-state index contributed by atoms with van der Waals surface area (Å²) in [4.78, 5) is 34.4. The molecular weight excluding hydrogens is 284 g/mol. The van der Waals surface area contributed by atoms with E-state index in [0.29, 0.717) is 6.61 Å². The molecule has 0 atom stereocenters. The predicted octanol–water partition coefficient (Wildman–Crippen LogP) is -1.68. The maximum atomic E-state index is 11.6. The highest BCUT2D eigenvalue weighted by Gasteiger charge is 2.19. The molecule has 0 bridgehead atoms. The first-order valence-electron chi connectivity index (χ1n) is 6.08. The monoisotopic (exact) mass is 300 g/mol. The van der Waals surface area contributed by atoms with Crippen LogP contribution in [0.3, 0.4) is 0 Å². The molecule has 21 heavy (non-hydrogen) atoms. The van der Waals surface area contributed by atoms with Crippen LogP contribution in [0.5, 0.6) is 0 Å². The smallest absolute Gasteiger partial charge is 0.378 e. The molecule has 0 aromatic carbocycles. The molecular formula is C10H16N6O5. The number of carbonyl (C=O) groups excluding carboxylic acids is 3. The predicted molar refractivity (Wildman–Crippen MR) is 67.2 cm³/mol. The van der Waals surface area contributed by atoms with Crippen molar-refractivity contribution in [3.8, 4) is 0 Å². The number of methoxy groups -OCH3 is 1. The normalized spacial score (nSPS) is 10.0. The molecule has 0 radical (unpaired) electrons. The number of nitrogens with one attached hydrogen (secondary N) is 2. The molecule has 11 heteroatoms. The van der Waals surface area contributed by atoms with E-state index in [0.717, 1.165) is 4.68 Å². The molecule has 11 nitrogen and oxygen atoms in total. The number of imide groups is 1. The Morgan fingerprint density at radius 1 is 1.33 bits per heavy atom. The van der Waals surface area contributed by atoms with Gasteiger partial charge in [-0.25, -0.2) is 14.3 Å². The molecule has 1 aromatic rings. The van der Waals surface area contributed by atoms with Gasteiger partial charge in [0.15, 0.2) is 0 Å². The van der Waals surface area contributed by atoms with Crippen LogP contribution in [0.25, 0.3) is 0 Å². The lowest BCUT2D eigenvalue weighted by Gasteiger charge is -2.06. The molecule has 0 saturated carbocycles. The molecule has 0 aliphatic heterocycles. The fourth-order valence-electron chi connectivity index (χ4n) is 1.27. The summed E-state index contributed by atoms with van der Waals surface area (Å²) in [5, 5.41) is 14.7. The van der Waals surface area contributed by atoms with E-state index >= 15 is 0 Å². The van der Waals surface area contributed by atoms with Gasteiger partial charge in [-0.3, -0.25) is 10.1 Å². The van der Waals surface area contributed by atoms with Crippen LogP contribution in [0.2, 0.25) is 0 Å². The first-order chi connectivity index (χ1) is 10.1. The van der Waals surface area contributed by atoms with Crippen molar-refractivity contribution in [2.75, 3.05) is 26.9 Å². The van der Waals surface area contributed by atoms with Crippen LogP contribution >= 0.6 is 0 Å². The van der Waals surface area contributed by atoms with Crippen molar-refractivity contribution in [2.45, 2.75) is 13.5 Å². The fourth-order valence-corrected chi connectivity index (χ4v) is 1.27. The fraction of sp³-hybridized carbons (Fsp3) is 0.600. The average molecular weight is 300 g/mol. The number of carbonyl (C=O) groups is 3. The Hall–Kier alpha value is -2.56. The molecule has 1 rings (SSSR count). The molecule has 0 fully saturated rings. The molecule has 0 spiro atoms. The number of nitrogens with zero attached hydrogens (tertiary/aromatic N) is 4. The number of hydrogen-bond acceptors (Lipinski definition) is 8. The summed E-state index contributed by atoms with van der Waals surface area (Å²) in [6, 6.07) is -0.678. The number of rotatable bonds is 7. The molecule has 0 aliphatic carbocycles. The first-order valence-corrected chi connectivity index (χ1v) is 6.08. The van der Waals surface area contributed by atoms with Gasteiger partial charge in [-0.2, -0.15) is 0 Å². The van der Waals surface area contributed by atoms with Crippen molar-refractivity contribution in [1.29, 1.82) is 0 Å². The van der Waals surface area contributed by atoms with Gasteiger partial charge in [-0.1, -0.05) is 0 Å². The highest BCUT2D eigenvalue weighted by atomic mass is 16.5. The third-order valence-corrected chi connectivity index (χ3v) is 2.13. The van der Waals surface area contributed by atoms with E-state index in [9.17, 15) is 14.4 Å². The van der Waals surface area contributed by atoms with Crippen LogP contribution in [-0.2, 0) is 20.8 Å². The molecule has 1 aromatic heterocycles. The van der Waals surface area contributed by atoms with Gasteiger partial charge in [0.1, 0.15) is 6.54 Å². The lowest BCUT2D eigenvalue weighted by Crippen LogP contribution is -2.42. The van der Waals surface area contributed by atoms with Gasteiger partial charge in [-0.05, 0) is 17.4 Å². The van der Waals surface area contributed by atoms with Crippen LogP contribution in [0.1, 0.15) is 17.5 Å². The lowest BCUT2D eigenvalue weighted by molar-refractivity contribution is -0.120. The molecule has 1 heterocycles. The molecule has 0 aliphatic rings. The van der Waals surface area contributed by atoms with Crippen LogP contribution in [0, 0.1) is 0 Å². The number of tetrazole rings is 1. The number of amides is 3. The van der Waals surface area contributed by atoms with Crippen molar-refractivity contribution in [2.24, 2.45) is 0 Å². The maximum Gasteiger partial charge on any atom is 0.378 e. The minimum atomic E-state index is -0.750. The van der Waals surface area contributed by atoms with Gasteiger partial charge >= 0.3 is 12.0 Å². The van der Waals surface area contributed by atoms with E-state index in [1.54, 1.807) is 6.92 Å².